The number of halogens is 4. The summed E-state index contributed by atoms with van der Waals surface area (Å²) in [6, 6.07) is 13.0. The molecule has 0 radical (unpaired) electrons. The quantitative estimate of drug-likeness (QED) is 0.364. The van der Waals surface area contributed by atoms with Crippen molar-refractivity contribution >= 4 is 51.5 Å². The molecule has 0 unspecified atom stereocenters. The summed E-state index contributed by atoms with van der Waals surface area (Å²) < 4.78 is 39.3. The minimum atomic E-state index is -4.58. The van der Waals surface area contributed by atoms with Crippen LogP contribution < -0.4 is 11.1 Å². The summed E-state index contributed by atoms with van der Waals surface area (Å²) in [7, 11) is 0. The third-order valence-corrected chi connectivity index (χ3v) is 5.58. The molecule has 0 atom stereocenters. The molecule has 4 rings (SSSR count). The van der Waals surface area contributed by atoms with E-state index in [0.29, 0.717) is 5.03 Å². The lowest BCUT2D eigenvalue weighted by Crippen LogP contribution is -2.07. The lowest BCUT2D eigenvalue weighted by molar-refractivity contribution is -0.137. The zero-order chi connectivity index (χ0) is 21.3. The Morgan fingerprint density at radius 3 is 2.60 bits per heavy atom. The van der Waals surface area contributed by atoms with Crippen LogP contribution in [0.4, 0.5) is 30.4 Å². The monoisotopic (exact) mass is 447 g/mol. The summed E-state index contributed by atoms with van der Waals surface area (Å²) in [5.41, 5.74) is 6.41. The van der Waals surface area contributed by atoms with Gasteiger partial charge in [-0.05, 0) is 30.3 Å². The number of hydrogen-bond donors (Lipinski definition) is 2. The first-order valence-corrected chi connectivity index (χ1v) is 9.78. The average molecular weight is 448 g/mol. The minimum absolute atomic E-state index is 0.153. The van der Waals surface area contributed by atoms with Gasteiger partial charge in [0.15, 0.2) is 5.82 Å². The smallest absolute Gasteiger partial charge is 0.394 e. The molecule has 2 heterocycles. The van der Waals surface area contributed by atoms with Gasteiger partial charge in [0, 0.05) is 22.2 Å². The van der Waals surface area contributed by atoms with Crippen molar-refractivity contribution in [2.75, 3.05) is 11.1 Å². The van der Waals surface area contributed by atoms with Gasteiger partial charge >= 0.3 is 6.18 Å². The van der Waals surface area contributed by atoms with Crippen LogP contribution in [0, 0.1) is 0 Å². The highest BCUT2D eigenvalue weighted by molar-refractivity contribution is 7.99. The summed E-state index contributed by atoms with van der Waals surface area (Å²) >= 11 is 6.97. The van der Waals surface area contributed by atoms with Crippen LogP contribution in [0.3, 0.4) is 0 Å². The molecule has 10 heteroatoms. The predicted octanol–water partition coefficient (Wildman–Crippen LogP) is 6.17. The molecule has 0 saturated heterocycles. The third-order valence-electron chi connectivity index (χ3n) is 4.18. The van der Waals surface area contributed by atoms with Crippen molar-refractivity contribution in [1.29, 1.82) is 0 Å². The molecule has 0 saturated carbocycles. The largest absolute Gasteiger partial charge is 0.417 e. The summed E-state index contributed by atoms with van der Waals surface area (Å²) in [6.45, 7) is 0. The van der Waals surface area contributed by atoms with E-state index < -0.39 is 11.7 Å². The summed E-state index contributed by atoms with van der Waals surface area (Å²) in [5.74, 6) is 0.191. The molecule has 2 aromatic carbocycles. The topological polar surface area (TPSA) is 76.7 Å². The van der Waals surface area contributed by atoms with Gasteiger partial charge < -0.3 is 11.1 Å². The van der Waals surface area contributed by atoms with Crippen LogP contribution in [0.15, 0.2) is 71.0 Å². The van der Waals surface area contributed by atoms with Crippen molar-refractivity contribution in [3.8, 4) is 0 Å². The number of hydrogen-bond acceptors (Lipinski definition) is 6. The molecule has 2 aromatic heterocycles. The van der Waals surface area contributed by atoms with Crippen LogP contribution in [0.2, 0.25) is 5.02 Å². The van der Waals surface area contributed by atoms with E-state index >= 15 is 0 Å². The molecule has 5 nitrogen and oxygen atoms in total. The van der Waals surface area contributed by atoms with Gasteiger partial charge in [-0.25, -0.2) is 9.97 Å². The second-order valence-electron chi connectivity index (χ2n) is 6.19. The van der Waals surface area contributed by atoms with Gasteiger partial charge in [-0.15, -0.1) is 0 Å². The van der Waals surface area contributed by atoms with Gasteiger partial charge in [-0.1, -0.05) is 41.6 Å². The van der Waals surface area contributed by atoms with Crippen molar-refractivity contribution in [2.45, 2.75) is 16.1 Å². The second kappa shape index (κ2) is 8.00. The number of aromatic nitrogens is 3. The molecular weight excluding hydrogens is 435 g/mol. The van der Waals surface area contributed by atoms with E-state index in [1.54, 1.807) is 6.20 Å². The van der Waals surface area contributed by atoms with Gasteiger partial charge in [-0.2, -0.15) is 13.2 Å². The Hall–Kier alpha value is -3.04. The van der Waals surface area contributed by atoms with Crippen molar-refractivity contribution < 1.29 is 13.2 Å². The second-order valence-corrected chi connectivity index (χ2v) is 7.63. The highest BCUT2D eigenvalue weighted by atomic mass is 35.5. The highest BCUT2D eigenvalue weighted by Gasteiger charge is 2.33. The fraction of sp³-hybridized carbons (Fsp3) is 0.0500. The number of benzene rings is 2. The summed E-state index contributed by atoms with van der Waals surface area (Å²) in [4.78, 5) is 13.5. The molecule has 0 aliphatic heterocycles. The third kappa shape index (κ3) is 4.12. The summed E-state index contributed by atoms with van der Waals surface area (Å²) in [6.07, 6.45) is -1.59. The molecule has 30 heavy (non-hydrogen) atoms. The van der Waals surface area contributed by atoms with E-state index in [0.717, 1.165) is 21.9 Å². The van der Waals surface area contributed by atoms with Crippen LogP contribution >= 0.6 is 23.4 Å². The van der Waals surface area contributed by atoms with Gasteiger partial charge in [0.25, 0.3) is 0 Å². The van der Waals surface area contributed by atoms with Gasteiger partial charge in [-0.3, -0.25) is 4.98 Å². The maximum atomic E-state index is 13.1. The van der Waals surface area contributed by atoms with E-state index in [4.69, 9.17) is 17.3 Å². The number of alkyl halides is 3. The Morgan fingerprint density at radius 1 is 1.00 bits per heavy atom. The molecule has 152 valence electrons. The van der Waals surface area contributed by atoms with Crippen molar-refractivity contribution in [2.24, 2.45) is 0 Å². The fourth-order valence-corrected chi connectivity index (χ4v) is 3.93. The lowest BCUT2D eigenvalue weighted by Gasteiger charge is -2.14. The molecule has 3 N–H and O–H groups in total. The van der Waals surface area contributed by atoms with Gasteiger partial charge in [0.2, 0.25) is 0 Å². The number of nitrogens with one attached hydrogen (secondary N) is 1. The molecule has 0 bridgehead atoms. The molecule has 0 aliphatic rings. The molecule has 4 aromatic rings. The fourth-order valence-electron chi connectivity index (χ4n) is 2.78. The van der Waals surface area contributed by atoms with Crippen LogP contribution in [-0.2, 0) is 6.18 Å². The number of nitrogen functional groups attached to an aromatic ring is 1. The number of rotatable bonds is 4. The van der Waals surface area contributed by atoms with E-state index in [2.05, 4.69) is 20.3 Å². The number of nitrogens with zero attached hydrogens (tertiary/aromatic N) is 3. The van der Waals surface area contributed by atoms with Crippen molar-refractivity contribution in [3.05, 3.63) is 71.6 Å². The minimum Gasteiger partial charge on any atom is -0.394 e. The van der Waals surface area contributed by atoms with Crippen LogP contribution in [-0.4, -0.2) is 15.0 Å². The highest BCUT2D eigenvalue weighted by Crippen LogP contribution is 2.39. The Balaban J connectivity index is 1.66. The Bertz CT molecular complexity index is 1230. The maximum absolute atomic E-state index is 13.1. The molecule has 0 aliphatic carbocycles. The zero-order valence-corrected chi connectivity index (χ0v) is 16.7. The Morgan fingerprint density at radius 2 is 1.80 bits per heavy atom. The van der Waals surface area contributed by atoms with Crippen molar-refractivity contribution in [3.63, 3.8) is 0 Å². The van der Waals surface area contributed by atoms with Crippen LogP contribution in [0.5, 0.6) is 0 Å². The maximum Gasteiger partial charge on any atom is 0.417 e. The molecule has 0 fully saturated rings. The first kappa shape index (κ1) is 20.2. The number of fused-ring (bicyclic) bond motifs is 1. The first-order chi connectivity index (χ1) is 14.3. The van der Waals surface area contributed by atoms with Crippen LogP contribution in [0.1, 0.15) is 5.56 Å². The lowest BCUT2D eigenvalue weighted by atomic mass is 10.2. The molecular formula is C20H13ClF3N5S. The predicted molar refractivity (Wildman–Crippen MR) is 112 cm³/mol. The Kier molecular flexibility index (Phi) is 5.40. The van der Waals surface area contributed by atoms with Gasteiger partial charge in [0.05, 0.1) is 16.1 Å². The van der Waals surface area contributed by atoms with Crippen molar-refractivity contribution in [1.82, 2.24) is 15.0 Å². The molecule has 0 spiro atoms. The summed E-state index contributed by atoms with van der Waals surface area (Å²) in [5, 5.41) is 3.85. The standard InChI is InChI=1S/C20H13ClF3N5S/c21-14-7-6-12(9-13(14)20(22,23)24)29-18-16(25)19(28-10-27-18)30-15-5-1-3-11-4-2-8-26-17(11)15/h1-10H,25H2,(H,27,28,29). The number of para-hydroxylation sites is 1. The number of anilines is 3. The number of pyridine rings is 1. The average Bonchev–Trinajstić information content (AvgIpc) is 2.72. The van der Waals surface area contributed by atoms with Gasteiger partial charge in [0.1, 0.15) is 17.0 Å². The zero-order valence-electron chi connectivity index (χ0n) is 15.1. The van der Waals surface area contributed by atoms with Crippen LogP contribution in [0.25, 0.3) is 10.9 Å². The SMILES string of the molecule is Nc1c(Nc2ccc(Cl)c(C(F)(F)F)c2)ncnc1Sc1cccc2cccnc12. The Labute approximate surface area is 178 Å². The number of nitrogens with two attached hydrogens (primary N) is 1. The van der Waals surface area contributed by atoms with E-state index in [1.165, 1.54) is 30.2 Å². The van der Waals surface area contributed by atoms with E-state index in [1.807, 2.05) is 30.3 Å². The first-order valence-electron chi connectivity index (χ1n) is 8.59. The van der Waals surface area contributed by atoms with E-state index in [9.17, 15) is 13.2 Å². The molecule has 0 amide bonds. The van der Waals surface area contributed by atoms with E-state index in [-0.39, 0.29) is 22.2 Å². The normalized spacial score (nSPS) is 11.6.